The topological polar surface area (TPSA) is 63.6 Å². The first-order chi connectivity index (χ1) is 13.2. The molecule has 0 saturated heterocycles. The van der Waals surface area contributed by atoms with E-state index in [1.165, 1.54) is 21.6 Å². The second kappa shape index (κ2) is 9.52. The molecular weight excluding hydrogens is 413 g/mol. The summed E-state index contributed by atoms with van der Waals surface area (Å²) in [5.41, 5.74) is -5.47. The van der Waals surface area contributed by atoms with E-state index in [4.69, 9.17) is 5.11 Å². The SMILES string of the molecule is O=S(=O)(Oc1ccc(O)cc1)C(F)(F)F.c1ccc([SH+]c2ccccc2)cc1. The van der Waals surface area contributed by atoms with E-state index in [0.29, 0.717) is 0 Å². The van der Waals surface area contributed by atoms with E-state index in [0.717, 1.165) is 24.3 Å². The highest BCUT2D eigenvalue weighted by Gasteiger charge is 2.48. The van der Waals surface area contributed by atoms with Gasteiger partial charge >= 0.3 is 15.6 Å². The molecule has 0 unspecified atom stereocenters. The van der Waals surface area contributed by atoms with Crippen LogP contribution in [0.2, 0.25) is 0 Å². The molecule has 4 nitrogen and oxygen atoms in total. The third kappa shape index (κ3) is 6.82. The van der Waals surface area contributed by atoms with E-state index in [-0.39, 0.29) is 5.75 Å². The van der Waals surface area contributed by atoms with Crippen LogP contribution in [0.15, 0.2) is 94.7 Å². The first-order valence-corrected chi connectivity index (χ1v) is 10.1. The lowest BCUT2D eigenvalue weighted by Crippen LogP contribution is -2.27. The average molecular weight is 429 g/mol. The smallest absolute Gasteiger partial charge is 0.508 e. The third-order valence-corrected chi connectivity index (χ3v) is 5.19. The van der Waals surface area contributed by atoms with Crippen molar-refractivity contribution in [2.45, 2.75) is 15.3 Å². The second-order valence-electron chi connectivity index (χ2n) is 5.26. The van der Waals surface area contributed by atoms with Crippen LogP contribution in [0, 0.1) is 0 Å². The molecule has 0 aromatic heterocycles. The van der Waals surface area contributed by atoms with Gasteiger partial charge in [0.15, 0.2) is 9.79 Å². The van der Waals surface area contributed by atoms with Crippen molar-refractivity contribution in [3.63, 3.8) is 0 Å². The lowest BCUT2D eigenvalue weighted by Gasteiger charge is -2.08. The van der Waals surface area contributed by atoms with Gasteiger partial charge in [-0.25, -0.2) is 0 Å². The lowest BCUT2D eigenvalue weighted by molar-refractivity contribution is -0.0500. The van der Waals surface area contributed by atoms with Gasteiger partial charge < -0.3 is 9.29 Å². The summed E-state index contributed by atoms with van der Waals surface area (Å²) in [5, 5.41) is 8.79. The normalized spacial score (nSPS) is 11.2. The van der Waals surface area contributed by atoms with Crippen LogP contribution in [0.5, 0.6) is 11.5 Å². The van der Waals surface area contributed by atoms with Crippen molar-refractivity contribution >= 4 is 21.9 Å². The summed E-state index contributed by atoms with van der Waals surface area (Å²) in [4.78, 5) is 2.68. The molecule has 3 rings (SSSR count). The predicted molar refractivity (Wildman–Crippen MR) is 102 cm³/mol. The highest BCUT2D eigenvalue weighted by Crippen LogP contribution is 2.27. The van der Waals surface area contributed by atoms with Crippen LogP contribution in [0.4, 0.5) is 13.2 Å². The molecule has 28 heavy (non-hydrogen) atoms. The molecule has 0 aliphatic heterocycles. The fraction of sp³-hybridized carbons (Fsp3) is 0.0526. The highest BCUT2D eigenvalue weighted by molar-refractivity contribution is 7.88. The summed E-state index contributed by atoms with van der Waals surface area (Å²) in [7, 11) is -5.65. The molecule has 9 heteroatoms. The first kappa shape index (κ1) is 21.6. The Morgan fingerprint density at radius 1 is 0.750 bits per heavy atom. The van der Waals surface area contributed by atoms with Crippen LogP contribution in [-0.2, 0) is 21.9 Å². The lowest BCUT2D eigenvalue weighted by atomic mass is 10.3. The molecule has 0 spiro atoms. The Morgan fingerprint density at radius 2 is 1.18 bits per heavy atom. The predicted octanol–water partition coefficient (Wildman–Crippen LogP) is 4.54. The molecule has 0 atom stereocenters. The van der Waals surface area contributed by atoms with E-state index in [1.807, 2.05) is 12.1 Å². The standard InChI is InChI=1S/C12H10S.C7H5F3O4S/c1-3-7-11(8-4-1)13-12-9-5-2-6-10-12;8-7(9,10)15(12,13)14-6-3-1-5(11)2-4-6/h1-10H;1-4,11H/p+1. The van der Waals surface area contributed by atoms with Crippen LogP contribution >= 0.6 is 0 Å². The Bertz CT molecular complexity index is 922. The molecule has 0 heterocycles. The maximum absolute atomic E-state index is 11.8. The second-order valence-corrected chi connectivity index (χ2v) is 8.05. The van der Waals surface area contributed by atoms with Gasteiger partial charge in [0.2, 0.25) is 0 Å². The number of benzene rings is 3. The van der Waals surface area contributed by atoms with Gasteiger partial charge in [-0.3, -0.25) is 0 Å². The molecule has 3 aromatic carbocycles. The molecule has 0 aliphatic rings. The number of alkyl halides is 3. The largest absolute Gasteiger partial charge is 0.534 e. The van der Waals surface area contributed by atoms with Gasteiger partial charge in [-0.2, -0.15) is 21.6 Å². The van der Waals surface area contributed by atoms with Gasteiger partial charge in [0.1, 0.15) is 11.5 Å². The van der Waals surface area contributed by atoms with Gasteiger partial charge in [0, 0.05) is 11.8 Å². The third-order valence-electron chi connectivity index (χ3n) is 3.10. The summed E-state index contributed by atoms with van der Waals surface area (Å²) in [6.07, 6.45) is 0. The molecule has 0 radical (unpaired) electrons. The minimum atomic E-state index is -5.65. The fourth-order valence-electron chi connectivity index (χ4n) is 1.83. The number of phenolic OH excluding ortho intramolecular Hbond substituents is 1. The fourth-order valence-corrected chi connectivity index (χ4v) is 3.23. The molecule has 148 valence electrons. The summed E-state index contributed by atoms with van der Waals surface area (Å²) in [6, 6.07) is 24.8. The monoisotopic (exact) mass is 429 g/mol. The molecule has 0 amide bonds. The van der Waals surface area contributed by atoms with Crippen LogP contribution in [0.3, 0.4) is 0 Å². The number of halogens is 3. The number of hydrogen-bond acceptors (Lipinski definition) is 4. The van der Waals surface area contributed by atoms with E-state index < -0.39 is 21.4 Å². The Labute approximate surface area is 164 Å². The number of phenols is 1. The maximum Gasteiger partial charge on any atom is 0.534 e. The van der Waals surface area contributed by atoms with E-state index in [2.05, 4.69) is 52.7 Å². The molecule has 1 N–H and O–H groups in total. The molecule has 0 aliphatic carbocycles. The average Bonchev–Trinajstić information content (AvgIpc) is 2.65. The van der Waals surface area contributed by atoms with Crippen molar-refractivity contribution in [1.82, 2.24) is 0 Å². The Hall–Kier alpha value is -2.65. The van der Waals surface area contributed by atoms with Crippen LogP contribution in [0.1, 0.15) is 0 Å². The molecule has 0 fully saturated rings. The van der Waals surface area contributed by atoms with Gasteiger partial charge in [-0.1, -0.05) is 36.4 Å². The Balaban J connectivity index is 0.000000202. The summed E-state index contributed by atoms with van der Waals surface area (Å²) < 4.78 is 60.3. The quantitative estimate of drug-likeness (QED) is 0.286. The van der Waals surface area contributed by atoms with Gasteiger partial charge in [0.05, 0.1) is 0 Å². The summed E-state index contributed by atoms with van der Waals surface area (Å²) in [5.74, 6) is -0.739. The zero-order chi connectivity index (χ0) is 20.6. The minimum absolute atomic E-state index is 0.216. The number of rotatable bonds is 4. The van der Waals surface area contributed by atoms with Crippen molar-refractivity contribution in [3.8, 4) is 11.5 Å². The maximum atomic E-state index is 11.8. The van der Waals surface area contributed by atoms with Crippen LogP contribution in [-0.4, -0.2) is 19.0 Å². The Kier molecular flexibility index (Phi) is 7.36. The molecule has 0 saturated carbocycles. The highest BCUT2D eigenvalue weighted by atomic mass is 32.2. The summed E-state index contributed by atoms with van der Waals surface area (Å²) in [6.45, 7) is 0. The van der Waals surface area contributed by atoms with Crippen LogP contribution in [0.25, 0.3) is 0 Å². The van der Waals surface area contributed by atoms with Crippen molar-refractivity contribution in [2.24, 2.45) is 0 Å². The van der Waals surface area contributed by atoms with Crippen LogP contribution < -0.4 is 4.18 Å². The van der Waals surface area contributed by atoms with Crippen molar-refractivity contribution in [2.75, 3.05) is 0 Å². The number of aromatic hydroxyl groups is 1. The Morgan fingerprint density at radius 3 is 1.57 bits per heavy atom. The van der Waals surface area contributed by atoms with Gasteiger partial charge in [-0.05, 0) is 48.5 Å². The van der Waals surface area contributed by atoms with E-state index in [1.54, 1.807) is 0 Å². The molecule has 3 aromatic rings. The number of hydrogen-bond donors (Lipinski definition) is 1. The number of thiol groups is 1. The summed E-state index contributed by atoms with van der Waals surface area (Å²) >= 11 is 1.28. The van der Waals surface area contributed by atoms with Gasteiger partial charge in [-0.15, -0.1) is 0 Å². The van der Waals surface area contributed by atoms with Crippen molar-refractivity contribution < 1.29 is 30.9 Å². The first-order valence-electron chi connectivity index (χ1n) is 7.79. The zero-order valence-corrected chi connectivity index (χ0v) is 16.0. The van der Waals surface area contributed by atoms with E-state index in [9.17, 15) is 21.6 Å². The zero-order valence-electron chi connectivity index (χ0n) is 14.2. The van der Waals surface area contributed by atoms with Gasteiger partial charge in [0.25, 0.3) is 0 Å². The minimum Gasteiger partial charge on any atom is -0.508 e. The van der Waals surface area contributed by atoms with Crippen molar-refractivity contribution in [3.05, 3.63) is 84.9 Å². The van der Waals surface area contributed by atoms with Crippen molar-refractivity contribution in [1.29, 1.82) is 0 Å². The molecular formula is C19H16F3O4S2+. The van der Waals surface area contributed by atoms with E-state index >= 15 is 0 Å². The molecule has 0 bridgehead atoms.